The maximum atomic E-state index is 6.09. The molecule has 1 atom stereocenters. The number of rotatable bonds is 4. The van der Waals surface area contributed by atoms with E-state index in [1.807, 2.05) is 36.4 Å². The van der Waals surface area contributed by atoms with Crippen LogP contribution in [0.4, 0.5) is 0 Å². The lowest BCUT2D eigenvalue weighted by Gasteiger charge is -2.14. The Labute approximate surface area is 121 Å². The minimum absolute atomic E-state index is 0.120. The predicted octanol–water partition coefficient (Wildman–Crippen LogP) is 4.18. The third-order valence-corrected chi connectivity index (χ3v) is 4.40. The Hall–Kier alpha value is -0.740. The van der Waals surface area contributed by atoms with Crippen molar-refractivity contribution in [2.75, 3.05) is 6.54 Å². The molecule has 1 aromatic heterocycles. The van der Waals surface area contributed by atoms with E-state index in [0.29, 0.717) is 11.6 Å². The summed E-state index contributed by atoms with van der Waals surface area (Å²) in [5.41, 5.74) is 6.94. The molecule has 0 bridgehead atoms. The van der Waals surface area contributed by atoms with E-state index in [1.165, 1.54) is 0 Å². The molecule has 0 aliphatic carbocycles. The average molecular weight is 299 g/mol. The fourth-order valence-electron chi connectivity index (χ4n) is 1.52. The molecule has 2 nitrogen and oxygen atoms in total. The zero-order valence-corrected chi connectivity index (χ0v) is 11.8. The van der Waals surface area contributed by atoms with Crippen molar-refractivity contribution in [3.63, 3.8) is 0 Å². The van der Waals surface area contributed by atoms with Gasteiger partial charge in [-0.1, -0.05) is 47.1 Å². The monoisotopic (exact) mass is 298 g/mol. The first-order valence-electron chi connectivity index (χ1n) is 5.43. The Kier molecular flexibility index (Phi) is 4.89. The highest BCUT2D eigenvalue weighted by molar-refractivity contribution is 7.99. The fraction of sp³-hybridized carbons (Fsp3) is 0.154. The van der Waals surface area contributed by atoms with Gasteiger partial charge in [-0.05, 0) is 29.8 Å². The van der Waals surface area contributed by atoms with Crippen LogP contribution in [0.2, 0.25) is 10.0 Å². The molecule has 0 aliphatic rings. The summed E-state index contributed by atoms with van der Waals surface area (Å²) in [7, 11) is 0. The maximum absolute atomic E-state index is 6.09. The first-order valence-corrected chi connectivity index (χ1v) is 7.07. The van der Waals surface area contributed by atoms with E-state index < -0.39 is 0 Å². The lowest BCUT2D eigenvalue weighted by molar-refractivity contribution is 0.935. The Morgan fingerprint density at radius 2 is 1.89 bits per heavy atom. The summed E-state index contributed by atoms with van der Waals surface area (Å²) in [4.78, 5) is 4.26. The van der Waals surface area contributed by atoms with Crippen molar-refractivity contribution >= 4 is 35.0 Å². The molecule has 18 heavy (non-hydrogen) atoms. The van der Waals surface area contributed by atoms with Gasteiger partial charge in [-0.15, -0.1) is 0 Å². The molecule has 0 saturated carbocycles. The average Bonchev–Trinajstić information content (AvgIpc) is 2.39. The molecule has 0 fully saturated rings. The summed E-state index contributed by atoms with van der Waals surface area (Å²) in [5, 5.41) is 2.28. The van der Waals surface area contributed by atoms with Crippen molar-refractivity contribution in [2.24, 2.45) is 5.73 Å². The van der Waals surface area contributed by atoms with E-state index >= 15 is 0 Å². The Morgan fingerprint density at radius 1 is 1.17 bits per heavy atom. The lowest BCUT2D eigenvalue weighted by atomic mass is 10.1. The van der Waals surface area contributed by atoms with Gasteiger partial charge in [0, 0.05) is 23.0 Å². The minimum atomic E-state index is 0.120. The van der Waals surface area contributed by atoms with Gasteiger partial charge in [0.05, 0.1) is 5.02 Å². The van der Waals surface area contributed by atoms with Gasteiger partial charge in [-0.2, -0.15) is 0 Å². The van der Waals surface area contributed by atoms with Crippen molar-refractivity contribution in [1.29, 1.82) is 0 Å². The van der Waals surface area contributed by atoms with Crippen LogP contribution >= 0.6 is 35.0 Å². The summed E-state index contributed by atoms with van der Waals surface area (Å²) >= 11 is 13.5. The Morgan fingerprint density at radius 3 is 2.50 bits per heavy atom. The number of aromatic nitrogens is 1. The molecule has 2 aromatic rings. The van der Waals surface area contributed by atoms with Crippen LogP contribution in [0.3, 0.4) is 0 Å². The molecule has 5 heteroatoms. The smallest absolute Gasteiger partial charge is 0.115 e. The normalized spacial score (nSPS) is 12.4. The molecule has 1 heterocycles. The maximum Gasteiger partial charge on any atom is 0.115 e. The van der Waals surface area contributed by atoms with Gasteiger partial charge < -0.3 is 5.73 Å². The predicted molar refractivity (Wildman–Crippen MR) is 78.4 cm³/mol. The number of pyridine rings is 1. The van der Waals surface area contributed by atoms with Crippen LogP contribution < -0.4 is 5.73 Å². The van der Waals surface area contributed by atoms with Crippen LogP contribution in [0.25, 0.3) is 0 Å². The van der Waals surface area contributed by atoms with Gasteiger partial charge in [-0.3, -0.25) is 0 Å². The molecule has 2 N–H and O–H groups in total. The molecule has 1 unspecified atom stereocenters. The molecule has 1 aromatic carbocycles. The van der Waals surface area contributed by atoms with E-state index in [2.05, 4.69) is 4.98 Å². The molecule has 94 valence electrons. The largest absolute Gasteiger partial charge is 0.329 e. The third-order valence-electron chi connectivity index (χ3n) is 2.43. The van der Waals surface area contributed by atoms with Gasteiger partial charge in [0.15, 0.2) is 0 Å². The number of benzene rings is 1. The van der Waals surface area contributed by atoms with E-state index in [9.17, 15) is 0 Å². The summed E-state index contributed by atoms with van der Waals surface area (Å²) in [5.74, 6) is 0. The van der Waals surface area contributed by atoms with Gasteiger partial charge in [0.1, 0.15) is 5.03 Å². The molecular formula is C13H12Cl2N2S. The number of hydrogen-bond acceptors (Lipinski definition) is 3. The Balaban J connectivity index is 2.20. The van der Waals surface area contributed by atoms with E-state index in [1.54, 1.807) is 18.0 Å². The van der Waals surface area contributed by atoms with Crippen molar-refractivity contribution in [3.8, 4) is 0 Å². The van der Waals surface area contributed by atoms with Crippen molar-refractivity contribution in [1.82, 2.24) is 4.98 Å². The highest BCUT2D eigenvalue weighted by Crippen LogP contribution is 2.36. The Bertz CT molecular complexity index is 517. The zero-order valence-electron chi connectivity index (χ0n) is 9.51. The number of nitrogens with two attached hydrogens (primary N) is 1. The molecular weight excluding hydrogens is 287 g/mol. The van der Waals surface area contributed by atoms with Crippen LogP contribution in [-0.2, 0) is 0 Å². The standard InChI is InChI=1S/C13H12Cl2N2S/c14-10-5-3-9(4-6-10)12(8-16)18-13-11(15)2-1-7-17-13/h1-7,12H,8,16H2. The molecule has 0 aliphatic heterocycles. The lowest BCUT2D eigenvalue weighted by Crippen LogP contribution is -2.09. The minimum Gasteiger partial charge on any atom is -0.329 e. The van der Waals surface area contributed by atoms with E-state index in [0.717, 1.165) is 15.6 Å². The molecule has 0 amide bonds. The number of halogens is 2. The van der Waals surface area contributed by atoms with Gasteiger partial charge in [-0.25, -0.2) is 4.98 Å². The van der Waals surface area contributed by atoms with Crippen molar-refractivity contribution in [2.45, 2.75) is 10.3 Å². The van der Waals surface area contributed by atoms with Gasteiger partial charge in [0.2, 0.25) is 0 Å². The molecule has 0 saturated heterocycles. The number of thioether (sulfide) groups is 1. The topological polar surface area (TPSA) is 38.9 Å². The zero-order chi connectivity index (χ0) is 13.0. The second-order valence-electron chi connectivity index (χ2n) is 3.68. The molecule has 0 spiro atoms. The quantitative estimate of drug-likeness (QED) is 0.861. The van der Waals surface area contributed by atoms with Crippen LogP contribution in [0.5, 0.6) is 0 Å². The van der Waals surface area contributed by atoms with Crippen molar-refractivity contribution in [3.05, 3.63) is 58.2 Å². The van der Waals surface area contributed by atoms with Crippen LogP contribution in [0.1, 0.15) is 10.8 Å². The first-order chi connectivity index (χ1) is 8.70. The summed E-state index contributed by atoms with van der Waals surface area (Å²) in [6.07, 6.45) is 1.73. The van der Waals surface area contributed by atoms with E-state index in [-0.39, 0.29) is 5.25 Å². The number of hydrogen-bond donors (Lipinski definition) is 1. The second-order valence-corrected chi connectivity index (χ2v) is 5.72. The van der Waals surface area contributed by atoms with Gasteiger partial charge >= 0.3 is 0 Å². The summed E-state index contributed by atoms with van der Waals surface area (Å²) in [6, 6.07) is 11.3. The fourth-order valence-corrected chi connectivity index (χ4v) is 2.86. The van der Waals surface area contributed by atoms with Crippen LogP contribution in [0.15, 0.2) is 47.6 Å². The highest BCUT2D eigenvalue weighted by atomic mass is 35.5. The van der Waals surface area contributed by atoms with Crippen LogP contribution in [-0.4, -0.2) is 11.5 Å². The summed E-state index contributed by atoms with van der Waals surface area (Å²) in [6.45, 7) is 0.513. The second kappa shape index (κ2) is 6.43. The van der Waals surface area contributed by atoms with Crippen molar-refractivity contribution < 1.29 is 0 Å². The molecule has 0 radical (unpaired) electrons. The first kappa shape index (κ1) is 13.7. The van der Waals surface area contributed by atoms with Gasteiger partial charge in [0.25, 0.3) is 0 Å². The SMILES string of the molecule is NCC(Sc1ncccc1Cl)c1ccc(Cl)cc1. The van der Waals surface area contributed by atoms with E-state index in [4.69, 9.17) is 28.9 Å². The summed E-state index contributed by atoms with van der Waals surface area (Å²) < 4.78 is 0. The molecule has 2 rings (SSSR count). The highest BCUT2D eigenvalue weighted by Gasteiger charge is 2.14. The third kappa shape index (κ3) is 3.39. The number of nitrogens with zero attached hydrogens (tertiary/aromatic N) is 1. The van der Waals surface area contributed by atoms with Crippen LogP contribution in [0, 0.1) is 0 Å².